The molecular formula is C17H20ClNOS. The summed E-state index contributed by atoms with van der Waals surface area (Å²) >= 11 is 7.72. The van der Waals surface area contributed by atoms with E-state index in [-0.39, 0.29) is 6.04 Å². The number of rotatable bonds is 7. The van der Waals surface area contributed by atoms with Crippen LogP contribution in [0.15, 0.2) is 53.4 Å². The minimum atomic E-state index is 0.244. The Morgan fingerprint density at radius 3 is 2.52 bits per heavy atom. The highest BCUT2D eigenvalue weighted by Gasteiger charge is 2.14. The SMILES string of the molecule is CCOc1ccccc1C(CSc1ccc(Cl)cc1)NC. The van der Waals surface area contributed by atoms with Gasteiger partial charge in [0.2, 0.25) is 0 Å². The van der Waals surface area contributed by atoms with Crippen molar-refractivity contribution in [3.05, 3.63) is 59.1 Å². The molecule has 21 heavy (non-hydrogen) atoms. The highest BCUT2D eigenvalue weighted by atomic mass is 35.5. The molecule has 112 valence electrons. The van der Waals surface area contributed by atoms with Crippen LogP contribution >= 0.6 is 23.4 Å². The molecule has 1 N–H and O–H groups in total. The van der Waals surface area contributed by atoms with Crippen LogP contribution in [-0.2, 0) is 0 Å². The summed E-state index contributed by atoms with van der Waals surface area (Å²) in [4.78, 5) is 1.22. The van der Waals surface area contributed by atoms with Crippen molar-refractivity contribution in [3.8, 4) is 5.75 Å². The van der Waals surface area contributed by atoms with Crippen molar-refractivity contribution in [1.82, 2.24) is 5.32 Å². The van der Waals surface area contributed by atoms with Gasteiger partial charge in [0.1, 0.15) is 5.75 Å². The van der Waals surface area contributed by atoms with Gasteiger partial charge in [-0.2, -0.15) is 0 Å². The van der Waals surface area contributed by atoms with Crippen LogP contribution < -0.4 is 10.1 Å². The lowest BCUT2D eigenvalue weighted by Crippen LogP contribution is -2.19. The molecule has 0 aliphatic heterocycles. The summed E-state index contributed by atoms with van der Waals surface area (Å²) < 4.78 is 5.72. The lowest BCUT2D eigenvalue weighted by Gasteiger charge is -2.19. The van der Waals surface area contributed by atoms with Gasteiger partial charge >= 0.3 is 0 Å². The van der Waals surface area contributed by atoms with E-state index < -0.39 is 0 Å². The number of ether oxygens (including phenoxy) is 1. The van der Waals surface area contributed by atoms with Crippen LogP contribution in [0.4, 0.5) is 0 Å². The van der Waals surface area contributed by atoms with Crippen molar-refractivity contribution in [2.45, 2.75) is 17.9 Å². The molecule has 1 atom stereocenters. The van der Waals surface area contributed by atoms with Gasteiger partial charge in [-0.1, -0.05) is 29.8 Å². The third-order valence-electron chi connectivity index (χ3n) is 3.17. The molecule has 0 aliphatic rings. The monoisotopic (exact) mass is 321 g/mol. The second-order valence-corrected chi connectivity index (χ2v) is 6.11. The van der Waals surface area contributed by atoms with Crippen LogP contribution in [0, 0.1) is 0 Å². The minimum Gasteiger partial charge on any atom is -0.494 e. The second-order valence-electron chi connectivity index (χ2n) is 4.58. The van der Waals surface area contributed by atoms with Gasteiger partial charge in [-0.05, 0) is 44.3 Å². The molecule has 2 rings (SSSR count). The summed E-state index contributed by atoms with van der Waals surface area (Å²) in [6.45, 7) is 2.69. The van der Waals surface area contributed by atoms with Crippen LogP contribution in [0.5, 0.6) is 5.75 Å². The van der Waals surface area contributed by atoms with Crippen molar-refractivity contribution in [2.24, 2.45) is 0 Å². The fourth-order valence-corrected chi connectivity index (χ4v) is 3.25. The molecule has 0 radical (unpaired) electrons. The van der Waals surface area contributed by atoms with Gasteiger partial charge in [0.15, 0.2) is 0 Å². The molecule has 0 spiro atoms. The van der Waals surface area contributed by atoms with Crippen LogP contribution in [0.25, 0.3) is 0 Å². The van der Waals surface area contributed by atoms with Crippen molar-refractivity contribution in [1.29, 1.82) is 0 Å². The maximum atomic E-state index is 5.91. The third-order valence-corrected chi connectivity index (χ3v) is 4.53. The molecule has 0 amide bonds. The average Bonchev–Trinajstić information content (AvgIpc) is 2.51. The van der Waals surface area contributed by atoms with Gasteiger partial charge in [-0.3, -0.25) is 0 Å². The van der Waals surface area contributed by atoms with E-state index in [1.165, 1.54) is 10.5 Å². The van der Waals surface area contributed by atoms with Gasteiger partial charge in [0.25, 0.3) is 0 Å². The van der Waals surface area contributed by atoms with Crippen molar-refractivity contribution < 1.29 is 4.74 Å². The van der Waals surface area contributed by atoms with Gasteiger partial charge < -0.3 is 10.1 Å². The summed E-state index contributed by atoms with van der Waals surface area (Å²) in [6, 6.07) is 16.4. The highest BCUT2D eigenvalue weighted by Crippen LogP contribution is 2.30. The summed E-state index contributed by atoms with van der Waals surface area (Å²) in [5.74, 6) is 1.89. The predicted octanol–water partition coefficient (Wildman–Crippen LogP) is 4.79. The predicted molar refractivity (Wildman–Crippen MR) is 91.6 cm³/mol. The summed E-state index contributed by atoms with van der Waals surface area (Å²) in [7, 11) is 1.98. The lowest BCUT2D eigenvalue weighted by atomic mass is 10.1. The Balaban J connectivity index is 2.07. The molecule has 0 aliphatic carbocycles. The Labute approximate surface area is 135 Å². The lowest BCUT2D eigenvalue weighted by molar-refractivity contribution is 0.333. The van der Waals surface area contributed by atoms with E-state index in [1.807, 2.05) is 50.4 Å². The van der Waals surface area contributed by atoms with Gasteiger partial charge in [0, 0.05) is 27.3 Å². The number of nitrogens with one attached hydrogen (secondary N) is 1. The van der Waals surface area contributed by atoms with Crippen LogP contribution in [0.3, 0.4) is 0 Å². The smallest absolute Gasteiger partial charge is 0.124 e. The quantitative estimate of drug-likeness (QED) is 0.741. The van der Waals surface area contributed by atoms with E-state index in [9.17, 15) is 0 Å². The maximum Gasteiger partial charge on any atom is 0.124 e. The first-order valence-corrected chi connectivity index (χ1v) is 8.38. The number of hydrogen-bond donors (Lipinski definition) is 1. The van der Waals surface area contributed by atoms with Gasteiger partial charge in [0.05, 0.1) is 6.61 Å². The minimum absolute atomic E-state index is 0.244. The van der Waals surface area contributed by atoms with E-state index in [4.69, 9.17) is 16.3 Å². The molecule has 2 aromatic carbocycles. The van der Waals surface area contributed by atoms with Crippen molar-refractivity contribution >= 4 is 23.4 Å². The Morgan fingerprint density at radius 1 is 1.14 bits per heavy atom. The standard InChI is InChI=1S/C17H20ClNOS/c1-3-20-17-7-5-4-6-15(17)16(19-2)12-21-14-10-8-13(18)9-11-14/h4-11,16,19H,3,12H2,1-2H3. The van der Waals surface area contributed by atoms with Gasteiger partial charge in [-0.25, -0.2) is 0 Å². The maximum absolute atomic E-state index is 5.91. The first-order chi connectivity index (χ1) is 10.2. The largest absolute Gasteiger partial charge is 0.494 e. The van der Waals surface area contributed by atoms with Crippen molar-refractivity contribution in [2.75, 3.05) is 19.4 Å². The zero-order valence-corrected chi connectivity index (χ0v) is 13.9. The number of benzene rings is 2. The zero-order valence-electron chi connectivity index (χ0n) is 12.3. The number of thioether (sulfide) groups is 1. The molecule has 4 heteroatoms. The highest BCUT2D eigenvalue weighted by molar-refractivity contribution is 7.99. The molecule has 1 unspecified atom stereocenters. The molecule has 2 aromatic rings. The molecular weight excluding hydrogens is 302 g/mol. The van der Waals surface area contributed by atoms with Crippen molar-refractivity contribution in [3.63, 3.8) is 0 Å². The Hall–Kier alpha value is -1.16. The van der Waals surface area contributed by atoms with E-state index in [2.05, 4.69) is 17.4 Å². The molecule has 0 saturated heterocycles. The topological polar surface area (TPSA) is 21.3 Å². The summed E-state index contributed by atoms with van der Waals surface area (Å²) in [5, 5.41) is 4.14. The van der Waals surface area contributed by atoms with E-state index in [1.54, 1.807) is 11.8 Å². The molecule has 0 heterocycles. The van der Waals surface area contributed by atoms with Crippen LogP contribution in [0.1, 0.15) is 18.5 Å². The first kappa shape index (κ1) is 16.2. The number of para-hydroxylation sites is 1. The first-order valence-electron chi connectivity index (χ1n) is 7.02. The third kappa shape index (κ3) is 4.67. The van der Waals surface area contributed by atoms with Crippen LogP contribution in [0.2, 0.25) is 5.02 Å². The van der Waals surface area contributed by atoms with E-state index >= 15 is 0 Å². The van der Waals surface area contributed by atoms with Gasteiger partial charge in [-0.15, -0.1) is 11.8 Å². The Bertz CT molecular complexity index is 559. The Kier molecular flexibility index (Phi) is 6.43. The molecule has 0 bridgehead atoms. The fraction of sp³-hybridized carbons (Fsp3) is 0.294. The second kappa shape index (κ2) is 8.32. The molecule has 2 nitrogen and oxygen atoms in total. The van der Waals surface area contributed by atoms with E-state index in [0.717, 1.165) is 16.5 Å². The molecule has 0 aromatic heterocycles. The molecule has 0 fully saturated rings. The fourth-order valence-electron chi connectivity index (χ4n) is 2.09. The summed E-state index contributed by atoms with van der Waals surface area (Å²) in [5.41, 5.74) is 1.20. The normalized spacial score (nSPS) is 12.1. The zero-order chi connectivity index (χ0) is 15.1. The average molecular weight is 322 g/mol. The van der Waals surface area contributed by atoms with E-state index in [0.29, 0.717) is 6.61 Å². The number of halogens is 1. The summed E-state index contributed by atoms with van der Waals surface area (Å²) in [6.07, 6.45) is 0. The Morgan fingerprint density at radius 2 is 1.86 bits per heavy atom. The molecule has 0 saturated carbocycles. The number of hydrogen-bond acceptors (Lipinski definition) is 3. The van der Waals surface area contributed by atoms with Crippen LogP contribution in [-0.4, -0.2) is 19.4 Å².